The van der Waals surface area contributed by atoms with Gasteiger partial charge in [0.05, 0.1) is 22.9 Å². The molecule has 0 saturated heterocycles. The van der Waals surface area contributed by atoms with Crippen molar-refractivity contribution in [3.8, 4) is 11.8 Å². The molecule has 0 spiro atoms. The first-order valence-corrected chi connectivity index (χ1v) is 11.4. The number of fused-ring (bicyclic) bond motifs is 3. The van der Waals surface area contributed by atoms with Gasteiger partial charge < -0.3 is 5.32 Å². The Balaban J connectivity index is 1.83. The van der Waals surface area contributed by atoms with Crippen molar-refractivity contribution in [2.24, 2.45) is 0 Å². The minimum Gasteiger partial charge on any atom is -0.342 e. The van der Waals surface area contributed by atoms with Crippen LogP contribution in [0.4, 0.5) is 0 Å². The van der Waals surface area contributed by atoms with Crippen LogP contribution < -0.4 is 10.9 Å². The van der Waals surface area contributed by atoms with Gasteiger partial charge in [-0.05, 0) is 55.5 Å². The molecular formula is C20H17ClN4O2S2. The van der Waals surface area contributed by atoms with E-state index in [9.17, 15) is 9.59 Å². The summed E-state index contributed by atoms with van der Waals surface area (Å²) < 4.78 is 1.56. The summed E-state index contributed by atoms with van der Waals surface area (Å²) in [4.78, 5) is 32.2. The van der Waals surface area contributed by atoms with E-state index in [1.165, 1.54) is 16.6 Å². The van der Waals surface area contributed by atoms with Gasteiger partial charge in [0.1, 0.15) is 11.4 Å². The van der Waals surface area contributed by atoms with Crippen molar-refractivity contribution in [3.05, 3.63) is 50.1 Å². The molecule has 2 heterocycles. The number of rotatable bonds is 5. The maximum Gasteiger partial charge on any atom is 0.267 e. The molecule has 0 radical (unpaired) electrons. The van der Waals surface area contributed by atoms with E-state index in [4.69, 9.17) is 21.8 Å². The molecule has 1 aromatic carbocycles. The number of aryl methyl sites for hydroxylation is 2. The summed E-state index contributed by atoms with van der Waals surface area (Å²) in [6.45, 7) is -0.0481. The quantitative estimate of drug-likeness (QED) is 0.368. The van der Waals surface area contributed by atoms with Crippen LogP contribution in [0.15, 0.2) is 34.2 Å². The number of carbonyl (C=O) groups excluding carboxylic acids is 1. The molecule has 0 unspecified atom stereocenters. The summed E-state index contributed by atoms with van der Waals surface area (Å²) in [5, 5.41) is 12.8. The van der Waals surface area contributed by atoms with Gasteiger partial charge in [-0.1, -0.05) is 23.4 Å². The lowest BCUT2D eigenvalue weighted by molar-refractivity contribution is -0.118. The molecule has 0 fully saturated rings. The first-order valence-electron chi connectivity index (χ1n) is 9.18. The normalized spacial score (nSPS) is 13.1. The molecule has 3 aromatic rings. The molecule has 0 atom stereocenters. The minimum absolute atomic E-state index is 0.0481. The van der Waals surface area contributed by atoms with E-state index in [2.05, 4.69) is 5.32 Å². The number of carbonyl (C=O) groups is 1. The highest BCUT2D eigenvalue weighted by Gasteiger charge is 2.23. The van der Waals surface area contributed by atoms with Gasteiger partial charge in [-0.3, -0.25) is 14.2 Å². The van der Waals surface area contributed by atoms with Crippen LogP contribution in [0.2, 0.25) is 5.02 Å². The molecule has 9 heteroatoms. The fraction of sp³-hybridized carbons (Fsp3) is 0.300. The minimum atomic E-state index is -0.279. The van der Waals surface area contributed by atoms with Crippen LogP contribution in [-0.4, -0.2) is 27.8 Å². The Labute approximate surface area is 180 Å². The second kappa shape index (κ2) is 8.57. The number of thiophene rings is 1. The second-order valence-corrected chi connectivity index (χ2v) is 9.09. The van der Waals surface area contributed by atoms with Crippen molar-refractivity contribution >= 4 is 50.8 Å². The molecule has 29 heavy (non-hydrogen) atoms. The van der Waals surface area contributed by atoms with Crippen LogP contribution >= 0.6 is 34.7 Å². The third kappa shape index (κ3) is 4.04. The van der Waals surface area contributed by atoms with E-state index in [1.54, 1.807) is 40.2 Å². The Kier molecular flexibility index (Phi) is 5.90. The number of halogens is 1. The lowest BCUT2D eigenvalue weighted by Gasteiger charge is -2.13. The Morgan fingerprint density at radius 3 is 2.83 bits per heavy atom. The van der Waals surface area contributed by atoms with Crippen LogP contribution in [0.1, 0.15) is 23.3 Å². The highest BCUT2D eigenvalue weighted by Crippen LogP contribution is 2.35. The largest absolute Gasteiger partial charge is 0.342 e. The number of hydrogen-bond acceptors (Lipinski definition) is 6. The van der Waals surface area contributed by atoms with Crippen molar-refractivity contribution in [2.75, 3.05) is 12.3 Å². The standard InChI is InChI=1S/C20H17ClN4O2S2/c21-12-5-7-13(8-6-12)25-19(27)17-14-3-1-2-4-15(14)29-18(17)24-20(25)28-11-16(26)23-10-9-22/h5-8H,1-4,10-11H2,(H,23,26). The summed E-state index contributed by atoms with van der Waals surface area (Å²) in [6.07, 6.45) is 4.09. The summed E-state index contributed by atoms with van der Waals surface area (Å²) in [6, 6.07) is 8.88. The van der Waals surface area contributed by atoms with Crippen LogP contribution in [0.25, 0.3) is 15.9 Å². The third-order valence-corrected chi connectivity index (χ3v) is 7.12. The number of aromatic nitrogens is 2. The summed E-state index contributed by atoms with van der Waals surface area (Å²) in [5.41, 5.74) is 1.67. The average Bonchev–Trinajstić information content (AvgIpc) is 3.10. The molecular weight excluding hydrogens is 428 g/mol. The topological polar surface area (TPSA) is 87.8 Å². The van der Waals surface area contributed by atoms with Crippen LogP contribution in [0, 0.1) is 11.3 Å². The second-order valence-electron chi connectivity index (χ2n) is 6.63. The Morgan fingerprint density at radius 2 is 2.07 bits per heavy atom. The van der Waals surface area contributed by atoms with E-state index < -0.39 is 0 Å². The average molecular weight is 445 g/mol. The summed E-state index contributed by atoms with van der Waals surface area (Å²) >= 11 is 8.78. The lowest BCUT2D eigenvalue weighted by atomic mass is 9.97. The predicted molar refractivity (Wildman–Crippen MR) is 116 cm³/mol. The zero-order chi connectivity index (χ0) is 20.4. The van der Waals surface area contributed by atoms with Gasteiger partial charge in [0, 0.05) is 9.90 Å². The molecule has 2 aromatic heterocycles. The number of nitriles is 1. The summed E-state index contributed by atoms with van der Waals surface area (Å²) in [7, 11) is 0. The Morgan fingerprint density at radius 1 is 1.31 bits per heavy atom. The van der Waals surface area contributed by atoms with Gasteiger partial charge in [-0.2, -0.15) is 5.26 Å². The number of thioether (sulfide) groups is 1. The van der Waals surface area contributed by atoms with E-state index in [0.29, 0.717) is 21.3 Å². The third-order valence-electron chi connectivity index (χ3n) is 4.74. The maximum atomic E-state index is 13.5. The monoisotopic (exact) mass is 444 g/mol. The molecule has 0 bridgehead atoms. The lowest BCUT2D eigenvalue weighted by Crippen LogP contribution is -2.26. The van der Waals surface area contributed by atoms with Gasteiger partial charge in [-0.25, -0.2) is 4.98 Å². The van der Waals surface area contributed by atoms with Crippen LogP contribution in [0.3, 0.4) is 0 Å². The molecule has 1 aliphatic carbocycles. The SMILES string of the molecule is N#CCNC(=O)CSc1nc2sc3c(c2c(=O)n1-c1ccc(Cl)cc1)CCCC3. The van der Waals surface area contributed by atoms with Crippen molar-refractivity contribution in [3.63, 3.8) is 0 Å². The number of hydrogen-bond donors (Lipinski definition) is 1. The zero-order valence-corrected chi connectivity index (χ0v) is 17.8. The zero-order valence-electron chi connectivity index (χ0n) is 15.4. The van der Waals surface area contributed by atoms with E-state index >= 15 is 0 Å². The molecule has 148 valence electrons. The first-order chi connectivity index (χ1) is 14.1. The molecule has 0 aliphatic heterocycles. The van der Waals surface area contributed by atoms with Crippen LogP contribution in [-0.2, 0) is 17.6 Å². The molecule has 6 nitrogen and oxygen atoms in total. The first kappa shape index (κ1) is 20.0. The van der Waals surface area contributed by atoms with Crippen molar-refractivity contribution < 1.29 is 4.79 Å². The van der Waals surface area contributed by atoms with Gasteiger partial charge in [0.15, 0.2) is 5.16 Å². The fourth-order valence-corrected chi connectivity index (χ4v) is 5.69. The number of nitrogens with one attached hydrogen (secondary N) is 1. The number of amides is 1. The van der Waals surface area contributed by atoms with E-state index in [-0.39, 0.29) is 23.8 Å². The fourth-order valence-electron chi connectivity index (χ4n) is 3.42. The van der Waals surface area contributed by atoms with Crippen LogP contribution in [0.5, 0.6) is 0 Å². The van der Waals surface area contributed by atoms with Gasteiger partial charge >= 0.3 is 0 Å². The molecule has 4 rings (SSSR count). The van der Waals surface area contributed by atoms with Gasteiger partial charge in [0.2, 0.25) is 5.91 Å². The number of benzene rings is 1. The summed E-state index contributed by atoms with van der Waals surface area (Å²) in [5.74, 6) is -0.211. The van der Waals surface area contributed by atoms with Crippen molar-refractivity contribution in [2.45, 2.75) is 30.8 Å². The Bertz CT molecular complexity index is 1180. The Hall–Kier alpha value is -2.34. The van der Waals surface area contributed by atoms with Gasteiger partial charge in [0.25, 0.3) is 5.56 Å². The maximum absolute atomic E-state index is 13.5. The highest BCUT2D eigenvalue weighted by atomic mass is 35.5. The molecule has 0 saturated carbocycles. The van der Waals surface area contributed by atoms with E-state index in [1.807, 2.05) is 6.07 Å². The highest BCUT2D eigenvalue weighted by molar-refractivity contribution is 7.99. The van der Waals surface area contributed by atoms with E-state index in [0.717, 1.165) is 36.1 Å². The van der Waals surface area contributed by atoms with Crippen molar-refractivity contribution in [1.82, 2.24) is 14.9 Å². The molecule has 1 aliphatic rings. The smallest absolute Gasteiger partial charge is 0.267 e. The predicted octanol–water partition coefficient (Wildman–Crippen LogP) is 3.71. The van der Waals surface area contributed by atoms with Crippen molar-refractivity contribution in [1.29, 1.82) is 5.26 Å². The molecule has 1 amide bonds. The molecule has 1 N–H and O–H groups in total. The number of nitrogens with zero attached hydrogens (tertiary/aromatic N) is 3. The van der Waals surface area contributed by atoms with Gasteiger partial charge in [-0.15, -0.1) is 11.3 Å².